The van der Waals surface area contributed by atoms with Crippen molar-refractivity contribution in [3.05, 3.63) is 54.1 Å². The first kappa shape index (κ1) is 11.8. The van der Waals surface area contributed by atoms with E-state index in [0.29, 0.717) is 0 Å². The van der Waals surface area contributed by atoms with E-state index in [9.17, 15) is 0 Å². The van der Waals surface area contributed by atoms with Gasteiger partial charge in [-0.3, -0.25) is 4.70 Å². The highest BCUT2D eigenvalue weighted by molar-refractivity contribution is 7.80. The lowest BCUT2D eigenvalue weighted by Gasteiger charge is -2.07. The van der Waals surface area contributed by atoms with Gasteiger partial charge in [0.05, 0.1) is 0 Å². The van der Waals surface area contributed by atoms with E-state index in [1.54, 1.807) is 0 Å². The zero-order valence-electron chi connectivity index (χ0n) is 8.47. The number of thiol groups is 1. The standard InChI is InChI=1S/C13H12S.FH/c1-10-6-5-9-12(13(10)14)11-7-3-2-4-8-11;/h2-9,14H,1H3;1H. The van der Waals surface area contributed by atoms with Crippen molar-refractivity contribution in [1.82, 2.24) is 0 Å². The Balaban J connectivity index is 0.00000112. The SMILES string of the molecule is Cc1cccc(-c2ccccc2)c1S.F. The van der Waals surface area contributed by atoms with Crippen LogP contribution in [0.25, 0.3) is 11.1 Å². The van der Waals surface area contributed by atoms with Crippen LogP contribution in [0.2, 0.25) is 0 Å². The topological polar surface area (TPSA) is 0 Å². The largest absolute Gasteiger partial charge is 0.269 e. The van der Waals surface area contributed by atoms with Crippen LogP contribution in [0.15, 0.2) is 53.4 Å². The monoisotopic (exact) mass is 220 g/mol. The average Bonchev–Trinajstić information content (AvgIpc) is 2.23. The quantitative estimate of drug-likeness (QED) is 0.687. The van der Waals surface area contributed by atoms with Crippen LogP contribution >= 0.6 is 12.6 Å². The maximum Gasteiger partial charge on any atom is 0.0148 e. The van der Waals surface area contributed by atoms with Crippen LogP contribution in [0.1, 0.15) is 5.56 Å². The Morgan fingerprint density at radius 2 is 1.53 bits per heavy atom. The second kappa shape index (κ2) is 4.99. The first-order chi connectivity index (χ1) is 6.79. The fourth-order valence-electron chi connectivity index (χ4n) is 1.51. The molecule has 0 spiro atoms. The highest BCUT2D eigenvalue weighted by Gasteiger charge is 2.02. The van der Waals surface area contributed by atoms with Gasteiger partial charge in [-0.15, -0.1) is 12.6 Å². The fourth-order valence-corrected chi connectivity index (χ4v) is 1.79. The van der Waals surface area contributed by atoms with Crippen LogP contribution in [0.5, 0.6) is 0 Å². The molecule has 0 aliphatic heterocycles. The molecule has 2 rings (SSSR count). The summed E-state index contributed by atoms with van der Waals surface area (Å²) in [6.07, 6.45) is 0. The predicted octanol–water partition coefficient (Wildman–Crippen LogP) is 4.10. The van der Waals surface area contributed by atoms with Gasteiger partial charge in [0.15, 0.2) is 0 Å². The number of rotatable bonds is 1. The van der Waals surface area contributed by atoms with E-state index < -0.39 is 0 Å². The van der Waals surface area contributed by atoms with Gasteiger partial charge < -0.3 is 0 Å². The second-order valence-electron chi connectivity index (χ2n) is 3.34. The first-order valence-corrected chi connectivity index (χ1v) is 5.08. The Hall–Kier alpha value is -1.28. The maximum atomic E-state index is 4.52. The highest BCUT2D eigenvalue weighted by Crippen LogP contribution is 2.28. The lowest BCUT2D eigenvalue weighted by atomic mass is 10.0. The molecule has 0 atom stereocenters. The molecule has 0 fully saturated rings. The summed E-state index contributed by atoms with van der Waals surface area (Å²) in [5, 5.41) is 0. The molecule has 0 saturated heterocycles. The minimum absolute atomic E-state index is 0. The van der Waals surface area contributed by atoms with Crippen molar-refractivity contribution >= 4 is 12.6 Å². The van der Waals surface area contributed by atoms with Gasteiger partial charge >= 0.3 is 0 Å². The smallest absolute Gasteiger partial charge is 0.0148 e. The third kappa shape index (κ3) is 2.39. The first-order valence-electron chi connectivity index (χ1n) is 4.63. The Kier molecular flexibility index (Phi) is 3.92. The van der Waals surface area contributed by atoms with E-state index in [0.717, 1.165) is 4.90 Å². The minimum Gasteiger partial charge on any atom is -0.269 e. The van der Waals surface area contributed by atoms with Crippen LogP contribution in [0, 0.1) is 6.92 Å². The fraction of sp³-hybridized carbons (Fsp3) is 0.0769. The molecule has 2 heteroatoms. The summed E-state index contributed by atoms with van der Waals surface area (Å²) >= 11 is 4.52. The van der Waals surface area contributed by atoms with Crippen molar-refractivity contribution in [1.29, 1.82) is 0 Å². The third-order valence-electron chi connectivity index (χ3n) is 2.32. The number of hydrogen-bond acceptors (Lipinski definition) is 1. The molecule has 2 aromatic rings. The van der Waals surface area contributed by atoms with Crippen LogP contribution in [-0.2, 0) is 0 Å². The summed E-state index contributed by atoms with van der Waals surface area (Å²) < 4.78 is 0. The molecule has 0 amide bonds. The third-order valence-corrected chi connectivity index (χ3v) is 2.92. The van der Waals surface area contributed by atoms with Crippen LogP contribution in [0.3, 0.4) is 0 Å². The molecule has 0 heterocycles. The van der Waals surface area contributed by atoms with Gasteiger partial charge in [-0.05, 0) is 23.6 Å². The number of hydrogen-bond donors (Lipinski definition) is 1. The Morgan fingerprint density at radius 1 is 0.867 bits per heavy atom. The molecule has 0 nitrogen and oxygen atoms in total. The molecular formula is C13H13FS. The maximum absolute atomic E-state index is 4.52. The van der Waals surface area contributed by atoms with Crippen molar-refractivity contribution in [2.75, 3.05) is 0 Å². The molecule has 0 N–H and O–H groups in total. The van der Waals surface area contributed by atoms with Gasteiger partial charge in [-0.25, -0.2) is 0 Å². The molecule has 0 unspecified atom stereocenters. The van der Waals surface area contributed by atoms with Gasteiger partial charge in [0, 0.05) is 4.90 Å². The zero-order valence-corrected chi connectivity index (χ0v) is 9.37. The summed E-state index contributed by atoms with van der Waals surface area (Å²) in [5.74, 6) is 0. The molecule has 0 aliphatic rings. The van der Waals surface area contributed by atoms with Crippen LogP contribution in [0.4, 0.5) is 4.70 Å². The average molecular weight is 220 g/mol. The Morgan fingerprint density at radius 3 is 2.20 bits per heavy atom. The Labute approximate surface area is 94.7 Å². The minimum atomic E-state index is 0. The summed E-state index contributed by atoms with van der Waals surface area (Å²) in [4.78, 5) is 1.07. The molecule has 0 bridgehead atoms. The molecular weight excluding hydrogens is 207 g/mol. The van der Waals surface area contributed by atoms with E-state index in [4.69, 9.17) is 0 Å². The summed E-state index contributed by atoms with van der Waals surface area (Å²) in [6, 6.07) is 16.6. The van der Waals surface area contributed by atoms with Gasteiger partial charge in [0.2, 0.25) is 0 Å². The van der Waals surface area contributed by atoms with Crippen molar-refractivity contribution in [3.8, 4) is 11.1 Å². The van der Waals surface area contributed by atoms with E-state index in [2.05, 4.69) is 49.9 Å². The summed E-state index contributed by atoms with van der Waals surface area (Å²) in [6.45, 7) is 2.08. The molecule has 2 aromatic carbocycles. The van der Waals surface area contributed by atoms with Crippen molar-refractivity contribution in [2.24, 2.45) is 0 Å². The molecule has 15 heavy (non-hydrogen) atoms. The zero-order chi connectivity index (χ0) is 9.97. The molecule has 0 aromatic heterocycles. The van der Waals surface area contributed by atoms with Gasteiger partial charge in [-0.1, -0.05) is 48.5 Å². The van der Waals surface area contributed by atoms with Crippen molar-refractivity contribution < 1.29 is 4.70 Å². The summed E-state index contributed by atoms with van der Waals surface area (Å²) in [5.41, 5.74) is 3.64. The molecule has 0 radical (unpaired) electrons. The van der Waals surface area contributed by atoms with Crippen LogP contribution < -0.4 is 0 Å². The van der Waals surface area contributed by atoms with Gasteiger partial charge in [0.25, 0.3) is 0 Å². The van der Waals surface area contributed by atoms with Gasteiger partial charge in [-0.2, -0.15) is 0 Å². The number of aryl methyl sites for hydroxylation is 1. The van der Waals surface area contributed by atoms with Crippen LogP contribution in [-0.4, -0.2) is 0 Å². The highest BCUT2D eigenvalue weighted by atomic mass is 32.1. The van der Waals surface area contributed by atoms with E-state index in [1.807, 2.05) is 18.2 Å². The number of benzene rings is 2. The lowest BCUT2D eigenvalue weighted by Crippen LogP contribution is -1.82. The molecule has 78 valence electrons. The second-order valence-corrected chi connectivity index (χ2v) is 3.78. The number of halogens is 1. The molecule has 0 aliphatic carbocycles. The lowest BCUT2D eigenvalue weighted by molar-refractivity contribution is 1.11. The normalized spacial score (nSPS) is 9.47. The Bertz CT molecular complexity index is 438. The van der Waals surface area contributed by atoms with E-state index in [-0.39, 0.29) is 4.70 Å². The van der Waals surface area contributed by atoms with E-state index >= 15 is 0 Å². The van der Waals surface area contributed by atoms with Crippen molar-refractivity contribution in [2.45, 2.75) is 11.8 Å². The summed E-state index contributed by atoms with van der Waals surface area (Å²) in [7, 11) is 0. The van der Waals surface area contributed by atoms with Crippen molar-refractivity contribution in [3.63, 3.8) is 0 Å². The predicted molar refractivity (Wildman–Crippen MR) is 66.4 cm³/mol. The van der Waals surface area contributed by atoms with Gasteiger partial charge in [0.1, 0.15) is 0 Å². The van der Waals surface area contributed by atoms with E-state index in [1.165, 1.54) is 16.7 Å². The molecule has 0 saturated carbocycles.